The summed E-state index contributed by atoms with van der Waals surface area (Å²) < 4.78 is 4.97. The van der Waals surface area contributed by atoms with Gasteiger partial charge in [0.2, 0.25) is 0 Å². The highest BCUT2D eigenvalue weighted by Gasteiger charge is 2.22. The largest absolute Gasteiger partial charge is 0.454 e. The third-order valence-corrected chi connectivity index (χ3v) is 4.45. The number of ether oxygens (including phenoxy) is 1. The molecule has 0 bridgehead atoms. The van der Waals surface area contributed by atoms with Crippen molar-refractivity contribution in [1.82, 2.24) is 0 Å². The molecule has 1 fully saturated rings. The van der Waals surface area contributed by atoms with Crippen LogP contribution in [0, 0.1) is 22.7 Å². The molecule has 1 N–H and O–H groups in total. The second-order valence-corrected chi connectivity index (χ2v) is 6.24. The molecule has 1 aliphatic rings. The molecule has 2 rings (SSSR count). The van der Waals surface area contributed by atoms with E-state index in [4.69, 9.17) is 15.4 Å². The number of nitrogens with one attached hydrogen (secondary N) is 1. The van der Waals surface area contributed by atoms with E-state index in [0.29, 0.717) is 11.5 Å². The zero-order valence-electron chi connectivity index (χ0n) is 13.9. The Kier molecular flexibility index (Phi) is 6.25. The first-order valence-electron chi connectivity index (χ1n) is 8.27. The minimum Gasteiger partial charge on any atom is -0.454 e. The smallest absolute Gasteiger partial charge is 0.338 e. The number of benzene rings is 1. The van der Waals surface area contributed by atoms with Gasteiger partial charge in [-0.3, -0.25) is 4.79 Å². The molecule has 0 spiro atoms. The lowest BCUT2D eigenvalue weighted by atomic mass is 9.84. The van der Waals surface area contributed by atoms with E-state index in [2.05, 4.69) is 0 Å². The summed E-state index contributed by atoms with van der Waals surface area (Å²) >= 11 is 0. The number of ketones is 1. The molecular formula is C19H22N2O3. The third-order valence-electron chi connectivity index (χ3n) is 4.45. The average Bonchev–Trinajstić information content (AvgIpc) is 2.61. The minimum absolute atomic E-state index is 0.0459. The van der Waals surface area contributed by atoms with Crippen molar-refractivity contribution in [2.75, 3.05) is 6.61 Å². The van der Waals surface area contributed by atoms with Crippen molar-refractivity contribution >= 4 is 17.5 Å². The maximum atomic E-state index is 12.0. The monoisotopic (exact) mass is 326 g/mol. The summed E-state index contributed by atoms with van der Waals surface area (Å²) in [5.41, 5.74) is 1.59. The van der Waals surface area contributed by atoms with E-state index < -0.39 is 24.3 Å². The normalized spacial score (nSPS) is 16.0. The Balaban J connectivity index is 1.92. The van der Waals surface area contributed by atoms with Crippen molar-refractivity contribution in [1.29, 1.82) is 10.7 Å². The van der Waals surface area contributed by atoms with Gasteiger partial charge in [0, 0.05) is 5.71 Å². The van der Waals surface area contributed by atoms with E-state index in [1.54, 1.807) is 18.2 Å². The lowest BCUT2D eigenvalue weighted by Crippen LogP contribution is -2.25. The van der Waals surface area contributed by atoms with Gasteiger partial charge in [-0.25, -0.2) is 4.79 Å². The predicted molar refractivity (Wildman–Crippen MR) is 90.1 cm³/mol. The fourth-order valence-electron chi connectivity index (χ4n) is 3.04. The zero-order chi connectivity index (χ0) is 17.5. The number of nitrogens with zero attached hydrogens (tertiary/aromatic N) is 1. The Hall–Kier alpha value is -2.48. The molecule has 0 heterocycles. The minimum atomic E-state index is -1.15. The van der Waals surface area contributed by atoms with Crippen molar-refractivity contribution in [3.05, 3.63) is 35.4 Å². The molecule has 24 heavy (non-hydrogen) atoms. The van der Waals surface area contributed by atoms with Crippen LogP contribution >= 0.6 is 0 Å². The maximum Gasteiger partial charge on any atom is 0.338 e. The number of Topliss-reactive ketones (excluding diaryl/α,β-unsaturated/α-hetero) is 1. The molecule has 0 saturated heterocycles. The van der Waals surface area contributed by atoms with Crippen LogP contribution in [0.4, 0.5) is 0 Å². The summed E-state index contributed by atoms with van der Waals surface area (Å²) in [4.78, 5) is 23.8. The highest BCUT2D eigenvalue weighted by Crippen LogP contribution is 2.32. The number of hydrogen-bond donors (Lipinski definition) is 1. The van der Waals surface area contributed by atoms with Crippen LogP contribution in [0.5, 0.6) is 0 Å². The Morgan fingerprint density at radius 3 is 2.42 bits per heavy atom. The lowest BCUT2D eigenvalue weighted by molar-refractivity contribution is -0.122. The van der Waals surface area contributed by atoms with Gasteiger partial charge in [0.15, 0.2) is 12.4 Å². The molecule has 1 unspecified atom stereocenters. The first-order valence-corrected chi connectivity index (χ1v) is 8.27. The Morgan fingerprint density at radius 2 is 1.88 bits per heavy atom. The number of carbonyl (C=O) groups excluding carboxylic acids is 2. The van der Waals surface area contributed by atoms with Crippen molar-refractivity contribution in [2.45, 2.75) is 44.9 Å². The number of rotatable bonds is 6. The van der Waals surface area contributed by atoms with Crippen LogP contribution < -0.4 is 0 Å². The highest BCUT2D eigenvalue weighted by molar-refractivity contribution is 6.06. The average molecular weight is 326 g/mol. The molecule has 5 heteroatoms. The molecule has 0 aliphatic heterocycles. The van der Waals surface area contributed by atoms with Gasteiger partial charge in [-0.2, -0.15) is 5.26 Å². The molecule has 1 saturated carbocycles. The number of carbonyl (C=O) groups is 2. The van der Waals surface area contributed by atoms with Gasteiger partial charge in [0.25, 0.3) is 0 Å². The van der Waals surface area contributed by atoms with E-state index in [0.717, 1.165) is 0 Å². The maximum absolute atomic E-state index is 12.0. The van der Waals surface area contributed by atoms with E-state index >= 15 is 0 Å². The van der Waals surface area contributed by atoms with Crippen molar-refractivity contribution in [2.24, 2.45) is 5.92 Å². The van der Waals surface area contributed by atoms with Crippen molar-refractivity contribution in [3.8, 4) is 6.07 Å². The number of hydrogen-bond acceptors (Lipinski definition) is 5. The molecule has 0 aromatic heterocycles. The van der Waals surface area contributed by atoms with Gasteiger partial charge in [-0.1, -0.05) is 31.4 Å². The van der Waals surface area contributed by atoms with Crippen molar-refractivity contribution in [3.63, 3.8) is 0 Å². The van der Waals surface area contributed by atoms with Gasteiger partial charge in [0.05, 0.1) is 11.6 Å². The standard InChI is InChI=1S/C19H22N2O3/c1-13(21)17(11-20)18(22)12-24-19(23)16-9-7-15(8-10-16)14-5-3-2-4-6-14/h7-10,14,17,21H,2-6,12H2,1H3. The quantitative estimate of drug-likeness (QED) is 0.638. The second-order valence-electron chi connectivity index (χ2n) is 6.24. The van der Waals surface area contributed by atoms with Crippen LogP contribution in [0.3, 0.4) is 0 Å². The molecule has 5 nitrogen and oxygen atoms in total. The first kappa shape index (κ1) is 17.9. The Morgan fingerprint density at radius 1 is 1.25 bits per heavy atom. The summed E-state index contributed by atoms with van der Waals surface area (Å²) in [6.07, 6.45) is 6.19. The van der Waals surface area contributed by atoms with Crippen LogP contribution in [0.15, 0.2) is 24.3 Å². The summed E-state index contributed by atoms with van der Waals surface area (Å²) in [5.74, 6) is -1.74. The zero-order valence-corrected chi connectivity index (χ0v) is 13.9. The summed E-state index contributed by atoms with van der Waals surface area (Å²) in [5, 5.41) is 16.2. The van der Waals surface area contributed by atoms with Crippen LogP contribution in [0.2, 0.25) is 0 Å². The molecule has 0 amide bonds. The molecule has 1 atom stereocenters. The molecular weight excluding hydrogens is 304 g/mol. The van der Waals surface area contributed by atoms with Gasteiger partial charge in [0.1, 0.15) is 5.92 Å². The van der Waals surface area contributed by atoms with Crippen LogP contribution in [0.1, 0.15) is 60.9 Å². The summed E-state index contributed by atoms with van der Waals surface area (Å²) in [7, 11) is 0. The van der Waals surface area contributed by atoms with Crippen LogP contribution in [-0.4, -0.2) is 24.1 Å². The second kappa shape index (κ2) is 8.39. The number of nitriles is 1. The lowest BCUT2D eigenvalue weighted by Gasteiger charge is -2.22. The van der Waals surface area contributed by atoms with E-state index in [-0.39, 0.29) is 5.71 Å². The molecule has 1 aromatic carbocycles. The van der Waals surface area contributed by atoms with E-state index in [9.17, 15) is 9.59 Å². The first-order chi connectivity index (χ1) is 11.5. The molecule has 0 radical (unpaired) electrons. The molecule has 126 valence electrons. The van der Waals surface area contributed by atoms with Crippen LogP contribution in [-0.2, 0) is 9.53 Å². The number of esters is 1. The third kappa shape index (κ3) is 4.51. The van der Waals surface area contributed by atoms with Gasteiger partial charge >= 0.3 is 5.97 Å². The Labute approximate surface area is 142 Å². The van der Waals surface area contributed by atoms with Gasteiger partial charge in [-0.05, 0) is 43.4 Å². The van der Waals surface area contributed by atoms with Crippen LogP contribution in [0.25, 0.3) is 0 Å². The predicted octanol–water partition coefficient (Wildman–Crippen LogP) is 3.64. The highest BCUT2D eigenvalue weighted by atomic mass is 16.5. The Bertz CT molecular complexity index is 652. The molecule has 1 aromatic rings. The van der Waals surface area contributed by atoms with Gasteiger partial charge in [-0.15, -0.1) is 0 Å². The van der Waals surface area contributed by atoms with Gasteiger partial charge < -0.3 is 10.1 Å². The molecule has 1 aliphatic carbocycles. The SMILES string of the molecule is CC(=N)C(C#N)C(=O)COC(=O)c1ccc(C2CCCCC2)cc1. The topological polar surface area (TPSA) is 91.0 Å². The van der Waals surface area contributed by atoms with E-state index in [1.165, 1.54) is 44.6 Å². The van der Waals surface area contributed by atoms with E-state index in [1.807, 2.05) is 12.1 Å². The summed E-state index contributed by atoms with van der Waals surface area (Å²) in [6.45, 7) is 0.898. The van der Waals surface area contributed by atoms with Crippen molar-refractivity contribution < 1.29 is 14.3 Å². The fourth-order valence-corrected chi connectivity index (χ4v) is 3.04. The fraction of sp³-hybridized carbons (Fsp3) is 0.474. The summed E-state index contributed by atoms with van der Waals surface area (Å²) in [6, 6.07) is 9.09.